The van der Waals surface area contributed by atoms with Crippen LogP contribution in [-0.2, 0) is 0 Å². The predicted molar refractivity (Wildman–Crippen MR) is 341 cm³/mol. The van der Waals surface area contributed by atoms with Gasteiger partial charge in [0.05, 0.1) is 55.0 Å². The van der Waals surface area contributed by atoms with Gasteiger partial charge in [-0.25, -0.2) is 4.85 Å². The van der Waals surface area contributed by atoms with E-state index in [0.717, 1.165) is 125 Å². The molecule has 0 unspecified atom stereocenters. The summed E-state index contributed by atoms with van der Waals surface area (Å²) in [6.45, 7) is 9.53. The highest BCUT2D eigenvalue weighted by molar-refractivity contribution is 7.27. The van der Waals surface area contributed by atoms with E-state index in [0.29, 0.717) is 22.5 Å². The van der Waals surface area contributed by atoms with E-state index in [1.807, 2.05) is 54.6 Å². The number of hydrogen-bond acceptors (Lipinski definition) is 4. The first kappa shape index (κ1) is 45.5. The molecule has 0 N–H and O–H groups in total. The fraction of sp³-hybridized carbons (Fsp3) is 0. The second-order valence-electron chi connectivity index (χ2n) is 20.7. The molecule has 17 aromatic rings. The summed E-state index contributed by atoms with van der Waals surface area (Å²) in [6.07, 6.45) is 0. The molecule has 5 nitrogen and oxygen atoms in total. The van der Waals surface area contributed by atoms with Crippen molar-refractivity contribution in [2.24, 2.45) is 0 Å². The van der Waals surface area contributed by atoms with Crippen LogP contribution in [0, 0.1) is 17.9 Å². The monoisotopic (exact) mass is 1060 g/mol. The van der Waals surface area contributed by atoms with E-state index in [2.05, 4.69) is 208 Å². The van der Waals surface area contributed by atoms with Gasteiger partial charge in [-0.1, -0.05) is 200 Å². The maximum absolute atomic E-state index is 12.4. The van der Waals surface area contributed by atoms with Crippen molar-refractivity contribution >= 4 is 134 Å². The molecule has 5 heterocycles. The Kier molecular flexibility index (Phi) is 9.82. The molecule has 12 aromatic carbocycles. The van der Waals surface area contributed by atoms with E-state index < -0.39 is 0 Å². The highest BCUT2D eigenvalue weighted by Crippen LogP contribution is 2.55. The van der Waals surface area contributed by atoms with Crippen molar-refractivity contribution in [3.63, 3.8) is 0 Å². The lowest BCUT2D eigenvalue weighted by Crippen LogP contribution is -2.09. The molecule has 17 rings (SSSR count). The van der Waals surface area contributed by atoms with E-state index in [9.17, 15) is 11.8 Å². The number of furan rings is 1. The minimum absolute atomic E-state index is 0.397. The summed E-state index contributed by atoms with van der Waals surface area (Å²) < 4.78 is 15.8. The first-order chi connectivity index (χ1) is 40.1. The Labute approximate surface area is 471 Å². The van der Waals surface area contributed by atoms with Crippen molar-refractivity contribution < 1.29 is 4.42 Å². The number of benzene rings is 12. The molecular weight excluding hydrogens is 1020 g/mol. The Balaban J connectivity index is 1.09. The van der Waals surface area contributed by atoms with Crippen molar-refractivity contribution in [2.45, 2.75) is 0 Å². The van der Waals surface area contributed by atoms with Crippen LogP contribution in [0.1, 0.15) is 5.56 Å². The van der Waals surface area contributed by atoms with Crippen LogP contribution in [0.4, 0.5) is 5.69 Å². The number of rotatable bonds is 6. The number of nitrogens with zero attached hydrogens (tertiary/aromatic N) is 4. The summed E-state index contributed by atoms with van der Waals surface area (Å²) in [6, 6.07) is 88.5. The normalized spacial score (nSPS) is 11.9. The number of para-hydroxylation sites is 2. The SMILES string of the molecule is [C-]#[N+]c1c(-c2ccccc2)c(C#N)c(-n2c3c(ccc4c5ccccc5sc43)c3ccc4c(sc5cccc(-c6ccccc6)c54)c32)c(-c2ccccc2)c1-n1c2ccccc2c2cc(-c3cccc4oc5ccccc5c34)ccc21. The predicted octanol–water partition coefficient (Wildman–Crippen LogP) is 21.6. The number of hydrogen-bond donors (Lipinski definition) is 0. The van der Waals surface area contributed by atoms with Gasteiger partial charge in [0.25, 0.3) is 0 Å². The lowest BCUT2D eigenvalue weighted by atomic mass is 9.88. The number of nitriles is 1. The summed E-state index contributed by atoms with van der Waals surface area (Å²) >= 11 is 3.60. The average molecular weight is 1070 g/mol. The molecule has 5 aromatic heterocycles. The molecule has 0 fully saturated rings. The quantitative estimate of drug-likeness (QED) is 0.156. The number of aromatic nitrogens is 2. The molecule has 0 aliphatic carbocycles. The largest absolute Gasteiger partial charge is 0.456 e. The van der Waals surface area contributed by atoms with Gasteiger partial charge in [-0.2, -0.15) is 5.26 Å². The van der Waals surface area contributed by atoms with Crippen LogP contribution in [0.2, 0.25) is 0 Å². The van der Waals surface area contributed by atoms with Crippen LogP contribution < -0.4 is 0 Å². The van der Waals surface area contributed by atoms with Gasteiger partial charge in [0.15, 0.2) is 0 Å². The summed E-state index contributed by atoms with van der Waals surface area (Å²) in [4.78, 5) is 4.64. The minimum atomic E-state index is 0.397. The van der Waals surface area contributed by atoms with Gasteiger partial charge in [-0.05, 0) is 75.8 Å². The van der Waals surface area contributed by atoms with E-state index in [1.165, 1.54) is 25.7 Å². The molecule has 0 atom stereocenters. The van der Waals surface area contributed by atoms with Crippen LogP contribution in [-0.4, -0.2) is 9.13 Å². The highest BCUT2D eigenvalue weighted by Gasteiger charge is 2.33. The summed E-state index contributed by atoms with van der Waals surface area (Å²) in [5, 5.41) is 23.5. The van der Waals surface area contributed by atoms with E-state index in [-0.39, 0.29) is 0 Å². The molecule has 0 aliphatic heterocycles. The highest BCUT2D eigenvalue weighted by atomic mass is 32.1. The Morgan fingerprint density at radius 2 is 0.951 bits per heavy atom. The third kappa shape index (κ3) is 6.45. The molecule has 0 radical (unpaired) electrons. The van der Waals surface area contributed by atoms with Crippen molar-refractivity contribution in [1.82, 2.24) is 9.13 Å². The number of thiophene rings is 2. The Morgan fingerprint density at radius 1 is 0.395 bits per heavy atom. The van der Waals surface area contributed by atoms with Gasteiger partial charge in [-0.15, -0.1) is 22.7 Å². The molecule has 81 heavy (non-hydrogen) atoms. The van der Waals surface area contributed by atoms with Crippen LogP contribution in [0.3, 0.4) is 0 Å². The van der Waals surface area contributed by atoms with E-state index >= 15 is 0 Å². The molecule has 7 heteroatoms. The second-order valence-corrected chi connectivity index (χ2v) is 22.8. The summed E-state index contributed by atoms with van der Waals surface area (Å²) in [7, 11) is 0. The second kappa shape index (κ2) is 17.5. The standard InChI is InChI=1S/C74H40N4OS2/c1-76-68-64(44-21-7-3-8-22-44)57(42-75)69(78-70-51(36-38-53-50-26-13-16-33-62(50)80-73(53)70)52-37-39-55-67-47(43-19-5-2-6-20-43)29-18-34-63(67)81-74(55)71(52)78)65(45-23-9-4-10-24-45)72(68)77-58-30-14-11-25-49(58)56-41-46(35-40-59(56)77)48-28-17-32-61-66(48)54-27-12-15-31-60(54)79-61/h2-41H. The van der Waals surface area contributed by atoms with Crippen LogP contribution in [0.5, 0.6) is 0 Å². The van der Waals surface area contributed by atoms with Crippen LogP contribution >= 0.6 is 22.7 Å². The lowest BCUT2D eigenvalue weighted by molar-refractivity contribution is 0.669. The molecule has 0 saturated carbocycles. The third-order valence-electron chi connectivity index (χ3n) is 16.6. The van der Waals surface area contributed by atoms with Gasteiger partial charge >= 0.3 is 0 Å². The third-order valence-corrected chi connectivity index (χ3v) is 19.0. The fourth-order valence-corrected chi connectivity index (χ4v) is 15.8. The van der Waals surface area contributed by atoms with Crippen molar-refractivity contribution in [3.8, 4) is 62.0 Å². The summed E-state index contributed by atoms with van der Waals surface area (Å²) in [5.74, 6) is 0. The summed E-state index contributed by atoms with van der Waals surface area (Å²) in [5.41, 5.74) is 15.4. The Morgan fingerprint density at radius 3 is 1.69 bits per heavy atom. The molecule has 0 amide bonds. The van der Waals surface area contributed by atoms with Crippen molar-refractivity contribution in [2.75, 3.05) is 0 Å². The zero-order chi connectivity index (χ0) is 53.4. The van der Waals surface area contributed by atoms with Crippen molar-refractivity contribution in [3.05, 3.63) is 260 Å². The van der Waals surface area contributed by atoms with Gasteiger partial charge in [0.1, 0.15) is 17.2 Å². The van der Waals surface area contributed by atoms with Gasteiger partial charge in [-0.3, -0.25) is 0 Å². The maximum Gasteiger partial charge on any atom is 0.220 e. The zero-order valence-electron chi connectivity index (χ0n) is 43.1. The Bertz CT molecular complexity index is 5610. The lowest BCUT2D eigenvalue weighted by Gasteiger charge is -2.26. The Hall–Kier alpha value is -10.5. The minimum Gasteiger partial charge on any atom is -0.456 e. The molecule has 0 spiro atoms. The molecular formula is C74H40N4OS2. The van der Waals surface area contributed by atoms with E-state index in [1.54, 1.807) is 22.7 Å². The topological polar surface area (TPSA) is 51.1 Å². The average Bonchev–Trinajstić information content (AvgIpc) is 4.43. The molecule has 0 saturated heterocycles. The first-order valence-electron chi connectivity index (χ1n) is 27.0. The molecule has 374 valence electrons. The maximum atomic E-state index is 12.4. The van der Waals surface area contributed by atoms with Crippen LogP contribution in [0.25, 0.3) is 167 Å². The smallest absolute Gasteiger partial charge is 0.220 e. The van der Waals surface area contributed by atoms with Crippen LogP contribution in [0.15, 0.2) is 247 Å². The van der Waals surface area contributed by atoms with E-state index in [4.69, 9.17) is 4.42 Å². The van der Waals surface area contributed by atoms with Gasteiger partial charge in [0.2, 0.25) is 5.69 Å². The fourth-order valence-electron chi connectivity index (χ4n) is 13.3. The molecule has 0 bridgehead atoms. The van der Waals surface area contributed by atoms with Gasteiger partial charge < -0.3 is 13.6 Å². The first-order valence-corrected chi connectivity index (χ1v) is 28.6. The van der Waals surface area contributed by atoms with Crippen molar-refractivity contribution in [1.29, 1.82) is 5.26 Å². The number of fused-ring (bicyclic) bond motifs is 17. The molecule has 0 aliphatic rings. The zero-order valence-corrected chi connectivity index (χ0v) is 44.7. The van der Waals surface area contributed by atoms with Gasteiger partial charge in [0, 0.05) is 74.4 Å².